The Kier molecular flexibility index (Phi) is 8.50. The highest BCUT2D eigenvalue weighted by molar-refractivity contribution is 9.09. The van der Waals surface area contributed by atoms with Crippen LogP contribution >= 0.6 is 15.9 Å². The molecule has 0 saturated carbocycles. The normalized spacial score (nSPS) is 14.2. The Balaban J connectivity index is 2.13. The molecule has 0 atom stereocenters. The Bertz CT molecular complexity index is 1370. The number of halogens is 1. The molecule has 2 aromatic rings. The number of hydrogen-bond donors (Lipinski definition) is 0. The summed E-state index contributed by atoms with van der Waals surface area (Å²) >= 11 is 3.30. The van der Waals surface area contributed by atoms with E-state index in [0.29, 0.717) is 17.4 Å². The number of nitro groups is 1. The van der Waals surface area contributed by atoms with Gasteiger partial charge in [-0.3, -0.25) is 19.3 Å². The molecule has 1 aliphatic heterocycles. The number of pyridine rings is 1. The van der Waals surface area contributed by atoms with Gasteiger partial charge in [-0.15, -0.1) is 6.42 Å². The fourth-order valence-electron chi connectivity index (χ4n) is 3.74. The van der Waals surface area contributed by atoms with Crippen molar-refractivity contribution in [1.29, 1.82) is 0 Å². The molecule has 2 heterocycles. The van der Waals surface area contributed by atoms with Crippen molar-refractivity contribution in [3.05, 3.63) is 57.4 Å². The molecule has 0 N–H and O–H groups in total. The van der Waals surface area contributed by atoms with Gasteiger partial charge < -0.3 is 4.90 Å². The Labute approximate surface area is 212 Å². The Morgan fingerprint density at radius 3 is 2.69 bits per heavy atom. The van der Waals surface area contributed by atoms with Crippen LogP contribution in [0.25, 0.3) is 0 Å². The summed E-state index contributed by atoms with van der Waals surface area (Å²) in [6.07, 6.45) is 8.56. The highest BCUT2D eigenvalue weighted by Gasteiger charge is 2.35. The maximum atomic E-state index is 13.8. The Morgan fingerprint density at radius 2 is 2.06 bits per heavy atom. The zero-order valence-corrected chi connectivity index (χ0v) is 22.0. The maximum Gasteiger partial charge on any atom is 0.272 e. The average molecular weight is 587 g/mol. The second-order valence-corrected chi connectivity index (χ2v) is 12.0. The van der Waals surface area contributed by atoms with E-state index < -0.39 is 30.8 Å². The number of benzene rings is 1. The quantitative estimate of drug-likeness (QED) is 0.134. The molecule has 35 heavy (non-hydrogen) atoms. The molecule has 1 aromatic heterocycles. The monoisotopic (exact) mass is 586 g/mol. The average Bonchev–Trinajstić information content (AvgIpc) is 2.81. The zero-order chi connectivity index (χ0) is 25.8. The van der Waals surface area contributed by atoms with Gasteiger partial charge in [0, 0.05) is 43.3 Å². The predicted octanol–water partition coefficient (Wildman–Crippen LogP) is 1.90. The molecule has 188 valence electrons. The number of aromatic nitrogens is 1. The number of nitrogens with zero attached hydrogens (tertiary/aromatic N) is 4. The number of hydrogen-bond acceptors (Lipinski definition) is 9. The molecule has 0 fully saturated rings. The van der Waals surface area contributed by atoms with Gasteiger partial charge in [0.05, 0.1) is 41.3 Å². The molecule has 0 saturated heterocycles. The molecule has 1 aromatic carbocycles. The topological polar surface area (TPSA) is 140 Å². The van der Waals surface area contributed by atoms with E-state index in [-0.39, 0.29) is 48.9 Å². The van der Waals surface area contributed by atoms with Crippen LogP contribution in [-0.2, 0) is 37.3 Å². The summed E-state index contributed by atoms with van der Waals surface area (Å²) < 4.78 is 56.6. The predicted molar refractivity (Wildman–Crippen MR) is 133 cm³/mol. The molecule has 1 aliphatic rings. The molecule has 0 bridgehead atoms. The first kappa shape index (κ1) is 27.0. The number of alkyl halides is 1. The second kappa shape index (κ2) is 11.0. The van der Waals surface area contributed by atoms with Crippen molar-refractivity contribution in [2.24, 2.45) is 0 Å². The highest BCUT2D eigenvalue weighted by Crippen LogP contribution is 2.36. The molecule has 0 unspecified atom stereocenters. The number of sulfonamides is 1. The summed E-state index contributed by atoms with van der Waals surface area (Å²) in [5.74, 6) is 2.35. The van der Waals surface area contributed by atoms with Crippen LogP contribution in [0, 0.1) is 22.5 Å². The van der Waals surface area contributed by atoms with E-state index in [1.165, 1.54) is 4.31 Å². The molecule has 14 heteroatoms. The Morgan fingerprint density at radius 1 is 1.31 bits per heavy atom. The van der Waals surface area contributed by atoms with Crippen LogP contribution in [0.1, 0.15) is 16.8 Å². The van der Waals surface area contributed by atoms with Crippen LogP contribution in [0.5, 0.6) is 0 Å². The van der Waals surface area contributed by atoms with Crippen molar-refractivity contribution >= 4 is 47.4 Å². The first-order valence-electron chi connectivity index (χ1n) is 10.3. The highest BCUT2D eigenvalue weighted by atomic mass is 79.9. The second-order valence-electron chi connectivity index (χ2n) is 7.64. The van der Waals surface area contributed by atoms with Crippen molar-refractivity contribution in [3.8, 4) is 12.3 Å². The minimum absolute atomic E-state index is 0.00165. The smallest absolute Gasteiger partial charge is 0.272 e. The minimum atomic E-state index is -4.26. The van der Waals surface area contributed by atoms with Gasteiger partial charge >= 0.3 is 0 Å². The zero-order valence-electron chi connectivity index (χ0n) is 18.8. The lowest BCUT2D eigenvalue weighted by Gasteiger charge is -2.31. The van der Waals surface area contributed by atoms with Crippen molar-refractivity contribution in [1.82, 2.24) is 9.29 Å². The van der Waals surface area contributed by atoms with Crippen molar-refractivity contribution in [2.45, 2.75) is 17.9 Å². The molecule has 0 aliphatic carbocycles. The lowest BCUT2D eigenvalue weighted by Crippen LogP contribution is -2.38. The van der Waals surface area contributed by atoms with E-state index in [2.05, 4.69) is 26.8 Å². The number of rotatable bonds is 10. The van der Waals surface area contributed by atoms with Crippen molar-refractivity contribution < 1.29 is 25.9 Å². The van der Waals surface area contributed by atoms with Crippen molar-refractivity contribution in [2.75, 3.05) is 42.7 Å². The molecule has 11 nitrogen and oxygen atoms in total. The summed E-state index contributed by atoms with van der Waals surface area (Å²) in [4.78, 5) is 16.4. The molecule has 0 amide bonds. The first-order valence-corrected chi connectivity index (χ1v) is 14.7. The van der Waals surface area contributed by atoms with Gasteiger partial charge in [-0.25, -0.2) is 8.42 Å². The van der Waals surface area contributed by atoms with E-state index in [0.717, 1.165) is 24.0 Å². The molecular formula is C21H23BrN4O7S2. The summed E-state index contributed by atoms with van der Waals surface area (Å²) in [5, 5.41) is 12.0. The standard InChI is InChI=1S/C21H23BrN4O7S2/c1-3-16-13-18(26(27)28)14-20(21(16)24(10-7-22)11-12-33-34(2,29)30)35(31,32)25-9-6-17-5-4-8-23-19(17)15-25/h1,4-5,8,13-14H,6-7,9-12,15H2,2H3. The number of fused-ring (bicyclic) bond motifs is 1. The van der Waals surface area contributed by atoms with Gasteiger partial charge in [-0.2, -0.15) is 12.7 Å². The van der Waals surface area contributed by atoms with Crippen LogP contribution < -0.4 is 4.90 Å². The van der Waals surface area contributed by atoms with Gasteiger partial charge in [0.1, 0.15) is 4.90 Å². The molecule has 0 radical (unpaired) electrons. The van der Waals surface area contributed by atoms with Crippen LogP contribution in [0.4, 0.5) is 11.4 Å². The number of anilines is 1. The van der Waals surface area contributed by atoms with Crippen LogP contribution in [0.2, 0.25) is 0 Å². The number of nitro benzene ring substituents is 1. The van der Waals surface area contributed by atoms with Crippen LogP contribution in [0.15, 0.2) is 35.4 Å². The van der Waals surface area contributed by atoms with E-state index in [9.17, 15) is 26.9 Å². The van der Waals surface area contributed by atoms with E-state index in [1.807, 2.05) is 6.07 Å². The first-order chi connectivity index (χ1) is 16.5. The van der Waals surface area contributed by atoms with Gasteiger partial charge in [-0.1, -0.05) is 27.9 Å². The third-order valence-electron chi connectivity index (χ3n) is 5.31. The lowest BCUT2D eigenvalue weighted by atomic mass is 10.1. The lowest BCUT2D eigenvalue weighted by molar-refractivity contribution is -0.385. The molecular weight excluding hydrogens is 564 g/mol. The SMILES string of the molecule is C#Cc1cc([N+](=O)[O-])cc(S(=O)(=O)N2CCc3cccnc3C2)c1N(CCBr)CCOS(C)(=O)=O. The fraction of sp³-hybridized carbons (Fsp3) is 0.381. The number of non-ortho nitro benzene ring substituents is 1. The van der Waals surface area contributed by atoms with E-state index in [4.69, 9.17) is 10.6 Å². The third kappa shape index (κ3) is 6.36. The number of terminal acetylenes is 1. The largest absolute Gasteiger partial charge is 0.366 e. The molecule has 0 spiro atoms. The fourth-order valence-corrected chi connectivity index (χ4v) is 6.21. The van der Waals surface area contributed by atoms with E-state index in [1.54, 1.807) is 17.2 Å². The molecule has 3 rings (SSSR count). The van der Waals surface area contributed by atoms with Gasteiger partial charge in [0.15, 0.2) is 0 Å². The summed E-state index contributed by atoms with van der Waals surface area (Å²) in [7, 11) is -8.00. The van der Waals surface area contributed by atoms with Gasteiger partial charge in [-0.05, 0) is 18.1 Å². The van der Waals surface area contributed by atoms with Crippen LogP contribution in [-0.4, -0.2) is 68.9 Å². The van der Waals surface area contributed by atoms with E-state index >= 15 is 0 Å². The summed E-state index contributed by atoms with van der Waals surface area (Å²) in [6, 6.07) is 5.76. The third-order valence-corrected chi connectivity index (χ3v) is 8.12. The summed E-state index contributed by atoms with van der Waals surface area (Å²) in [6.45, 7) is 0.0871. The summed E-state index contributed by atoms with van der Waals surface area (Å²) in [5.41, 5.74) is 1.13. The Hall–Kier alpha value is -2.57. The minimum Gasteiger partial charge on any atom is -0.366 e. The van der Waals surface area contributed by atoms with Gasteiger partial charge in [0.2, 0.25) is 10.0 Å². The van der Waals surface area contributed by atoms with Crippen molar-refractivity contribution in [3.63, 3.8) is 0 Å². The maximum absolute atomic E-state index is 13.8. The van der Waals surface area contributed by atoms with Gasteiger partial charge in [0.25, 0.3) is 15.8 Å². The van der Waals surface area contributed by atoms with Crippen LogP contribution in [0.3, 0.4) is 0 Å².